The van der Waals surface area contributed by atoms with Gasteiger partial charge in [0.1, 0.15) is 18.7 Å². The molecule has 0 bridgehead atoms. The Morgan fingerprint density at radius 2 is 1.83 bits per heavy atom. The Morgan fingerprint density at radius 3 is 2.59 bits per heavy atom. The van der Waals surface area contributed by atoms with Crippen molar-refractivity contribution in [2.45, 2.75) is 69.6 Å². The minimum Gasteiger partial charge on any atom is -0.368 e. The van der Waals surface area contributed by atoms with Crippen molar-refractivity contribution in [3.63, 3.8) is 0 Å². The summed E-state index contributed by atoms with van der Waals surface area (Å²) in [7, 11) is 0. The molecule has 0 unspecified atom stereocenters. The molecule has 4 rings (SSSR count). The summed E-state index contributed by atoms with van der Waals surface area (Å²) in [5.41, 5.74) is 0.547. The molecule has 1 N–H and O–H groups in total. The molecule has 0 aromatic heterocycles. The van der Waals surface area contributed by atoms with Gasteiger partial charge in [0.2, 0.25) is 5.91 Å². The van der Waals surface area contributed by atoms with Gasteiger partial charge in [-0.3, -0.25) is 14.4 Å². The van der Waals surface area contributed by atoms with Crippen molar-refractivity contribution in [3.8, 4) is 0 Å². The number of ether oxygens (including phenoxy) is 1. The SMILES string of the molecule is O=C(N[C@@H](CC1CCCCC1)C(=O)N1CCC[C@@H]2OCC(=O)[C@@H]21)c1ccccc1. The van der Waals surface area contributed by atoms with Gasteiger partial charge in [0.15, 0.2) is 5.78 Å². The number of nitrogens with zero attached hydrogens (tertiary/aromatic N) is 1. The van der Waals surface area contributed by atoms with Crippen LogP contribution < -0.4 is 5.32 Å². The number of carbonyl (C=O) groups excluding carboxylic acids is 3. The van der Waals surface area contributed by atoms with Crippen LogP contribution in [0.3, 0.4) is 0 Å². The van der Waals surface area contributed by atoms with Crippen molar-refractivity contribution in [1.82, 2.24) is 10.2 Å². The number of ketones is 1. The molecule has 3 fully saturated rings. The van der Waals surface area contributed by atoms with Gasteiger partial charge in [-0.2, -0.15) is 0 Å². The minimum atomic E-state index is -0.599. The van der Waals surface area contributed by atoms with Gasteiger partial charge in [-0.15, -0.1) is 0 Å². The average Bonchev–Trinajstić information content (AvgIpc) is 3.15. The number of likely N-dealkylation sites (tertiary alicyclic amines) is 1. The molecule has 2 aliphatic heterocycles. The van der Waals surface area contributed by atoms with E-state index in [1.54, 1.807) is 17.0 Å². The maximum absolute atomic E-state index is 13.5. The van der Waals surface area contributed by atoms with E-state index in [1.807, 2.05) is 18.2 Å². The van der Waals surface area contributed by atoms with Crippen molar-refractivity contribution in [1.29, 1.82) is 0 Å². The third-order valence-electron chi connectivity index (χ3n) is 6.56. The molecule has 156 valence electrons. The van der Waals surface area contributed by atoms with Crippen LogP contribution in [-0.4, -0.2) is 53.8 Å². The van der Waals surface area contributed by atoms with E-state index in [4.69, 9.17) is 4.74 Å². The standard InChI is InChI=1S/C23H30N2O4/c26-19-15-29-20-12-7-13-25(21(19)20)23(28)18(14-16-8-3-1-4-9-16)24-22(27)17-10-5-2-6-11-17/h2,5-6,10-11,16,18,20-21H,1,3-4,7-9,12-15H2,(H,24,27)/t18-,20-,21-/m0/s1. The fraction of sp³-hybridized carbons (Fsp3) is 0.609. The summed E-state index contributed by atoms with van der Waals surface area (Å²) >= 11 is 0. The number of carbonyl (C=O) groups is 3. The highest BCUT2D eigenvalue weighted by Crippen LogP contribution is 2.30. The molecule has 2 saturated heterocycles. The second kappa shape index (κ2) is 9.08. The molecule has 2 heterocycles. The smallest absolute Gasteiger partial charge is 0.251 e. The fourth-order valence-electron chi connectivity index (χ4n) is 5.05. The van der Waals surface area contributed by atoms with Crippen LogP contribution in [0.15, 0.2) is 30.3 Å². The normalized spacial score (nSPS) is 26.1. The number of rotatable bonds is 5. The van der Waals surface area contributed by atoms with Crippen LogP contribution in [0, 0.1) is 5.92 Å². The van der Waals surface area contributed by atoms with Gasteiger partial charge < -0.3 is 15.0 Å². The molecule has 6 nitrogen and oxygen atoms in total. The lowest BCUT2D eigenvalue weighted by Gasteiger charge is -2.38. The summed E-state index contributed by atoms with van der Waals surface area (Å²) in [6.07, 6.45) is 7.87. The number of piperidine rings is 1. The maximum Gasteiger partial charge on any atom is 0.251 e. The summed E-state index contributed by atoms with van der Waals surface area (Å²) in [4.78, 5) is 40.4. The van der Waals surface area contributed by atoms with Gasteiger partial charge in [-0.05, 0) is 37.3 Å². The molecule has 3 aliphatic rings. The van der Waals surface area contributed by atoms with E-state index in [0.29, 0.717) is 24.4 Å². The van der Waals surface area contributed by atoms with Gasteiger partial charge >= 0.3 is 0 Å². The largest absolute Gasteiger partial charge is 0.368 e. The zero-order chi connectivity index (χ0) is 20.2. The first kappa shape index (κ1) is 20.1. The Balaban J connectivity index is 1.52. The molecule has 1 aromatic rings. The number of fused-ring (bicyclic) bond motifs is 1. The molecule has 0 spiro atoms. The van der Waals surface area contributed by atoms with Crippen molar-refractivity contribution >= 4 is 17.6 Å². The first-order chi connectivity index (χ1) is 14.1. The third-order valence-corrected chi connectivity index (χ3v) is 6.56. The summed E-state index contributed by atoms with van der Waals surface area (Å²) in [6.45, 7) is 0.639. The summed E-state index contributed by atoms with van der Waals surface area (Å²) in [5, 5.41) is 2.99. The summed E-state index contributed by atoms with van der Waals surface area (Å²) in [5.74, 6) is 0.0504. The van der Waals surface area contributed by atoms with Gasteiger partial charge in [-0.25, -0.2) is 0 Å². The summed E-state index contributed by atoms with van der Waals surface area (Å²) in [6, 6.07) is 7.91. The van der Waals surface area contributed by atoms with E-state index in [-0.39, 0.29) is 30.3 Å². The zero-order valence-corrected chi connectivity index (χ0v) is 16.8. The van der Waals surface area contributed by atoms with Crippen molar-refractivity contribution < 1.29 is 19.1 Å². The highest BCUT2D eigenvalue weighted by atomic mass is 16.5. The number of benzene rings is 1. The summed E-state index contributed by atoms with van der Waals surface area (Å²) < 4.78 is 5.60. The minimum absolute atomic E-state index is 0.0196. The molecule has 3 atom stereocenters. The van der Waals surface area contributed by atoms with Crippen LogP contribution in [-0.2, 0) is 14.3 Å². The maximum atomic E-state index is 13.5. The Kier molecular flexibility index (Phi) is 6.28. The highest BCUT2D eigenvalue weighted by Gasteiger charge is 2.46. The predicted molar refractivity (Wildman–Crippen MR) is 108 cm³/mol. The van der Waals surface area contributed by atoms with E-state index in [0.717, 1.165) is 25.7 Å². The van der Waals surface area contributed by atoms with Crippen LogP contribution >= 0.6 is 0 Å². The van der Waals surface area contributed by atoms with Crippen molar-refractivity contribution in [3.05, 3.63) is 35.9 Å². The third kappa shape index (κ3) is 4.53. The quantitative estimate of drug-likeness (QED) is 0.828. The van der Waals surface area contributed by atoms with E-state index in [2.05, 4.69) is 5.32 Å². The number of nitrogens with one attached hydrogen (secondary N) is 1. The average molecular weight is 399 g/mol. The number of hydrogen-bond donors (Lipinski definition) is 1. The molecule has 0 radical (unpaired) electrons. The molecule has 1 aliphatic carbocycles. The molecular formula is C23H30N2O4. The van der Waals surface area contributed by atoms with Gasteiger partial charge in [0, 0.05) is 12.1 Å². The zero-order valence-electron chi connectivity index (χ0n) is 16.8. The number of amides is 2. The lowest BCUT2D eigenvalue weighted by Crippen LogP contribution is -2.58. The van der Waals surface area contributed by atoms with Gasteiger partial charge in [0.25, 0.3) is 5.91 Å². The molecule has 6 heteroatoms. The van der Waals surface area contributed by atoms with E-state index in [9.17, 15) is 14.4 Å². The van der Waals surface area contributed by atoms with Crippen LogP contribution in [0.1, 0.15) is 61.7 Å². The monoisotopic (exact) mass is 398 g/mol. The molecular weight excluding hydrogens is 368 g/mol. The molecule has 1 aromatic carbocycles. The molecule has 2 amide bonds. The first-order valence-corrected chi connectivity index (χ1v) is 10.9. The number of Topliss-reactive ketones (excluding diaryl/α,β-unsaturated/α-hetero) is 1. The van der Waals surface area contributed by atoms with Crippen LogP contribution in [0.5, 0.6) is 0 Å². The van der Waals surface area contributed by atoms with Gasteiger partial charge in [-0.1, -0.05) is 50.3 Å². The van der Waals surface area contributed by atoms with Gasteiger partial charge in [0.05, 0.1) is 6.10 Å². The van der Waals surface area contributed by atoms with Crippen molar-refractivity contribution in [2.75, 3.05) is 13.2 Å². The highest BCUT2D eigenvalue weighted by molar-refractivity contribution is 5.99. The van der Waals surface area contributed by atoms with E-state index < -0.39 is 12.1 Å². The number of hydrogen-bond acceptors (Lipinski definition) is 4. The Labute approximate surface area is 172 Å². The van der Waals surface area contributed by atoms with E-state index in [1.165, 1.54) is 19.3 Å². The molecule has 1 saturated carbocycles. The Morgan fingerprint density at radius 1 is 1.07 bits per heavy atom. The lowest BCUT2D eigenvalue weighted by atomic mass is 9.84. The molecule has 29 heavy (non-hydrogen) atoms. The lowest BCUT2D eigenvalue weighted by molar-refractivity contribution is -0.142. The van der Waals surface area contributed by atoms with Crippen molar-refractivity contribution in [2.24, 2.45) is 5.92 Å². The predicted octanol–water partition coefficient (Wildman–Crippen LogP) is 2.71. The topological polar surface area (TPSA) is 75.7 Å². The van der Waals surface area contributed by atoms with Crippen LogP contribution in [0.4, 0.5) is 0 Å². The van der Waals surface area contributed by atoms with Crippen LogP contribution in [0.2, 0.25) is 0 Å². The second-order valence-corrected chi connectivity index (χ2v) is 8.57. The van der Waals surface area contributed by atoms with E-state index >= 15 is 0 Å². The fourth-order valence-corrected chi connectivity index (χ4v) is 5.05. The second-order valence-electron chi connectivity index (χ2n) is 8.57. The Bertz CT molecular complexity index is 745. The van der Waals surface area contributed by atoms with Crippen LogP contribution in [0.25, 0.3) is 0 Å². The first-order valence-electron chi connectivity index (χ1n) is 10.9. The Hall–Kier alpha value is -2.21.